The minimum atomic E-state index is -4.13. The number of likely N-dealkylation sites (tertiary alicyclic amines) is 1. The van der Waals surface area contributed by atoms with Crippen LogP contribution >= 0.6 is 11.6 Å². The van der Waals surface area contributed by atoms with Crippen molar-refractivity contribution >= 4 is 28.1 Å². The average molecular weight is 454 g/mol. The maximum atomic E-state index is 12.6. The van der Waals surface area contributed by atoms with Crippen LogP contribution in [0.15, 0.2) is 52.5 Å². The zero-order valence-corrected chi connectivity index (χ0v) is 17.8. The molecule has 0 saturated carbocycles. The monoisotopic (exact) mass is 453 g/mol. The number of hydrogen-bond acceptors (Lipinski definition) is 7. The number of nitrogens with zero attached hydrogens (tertiary/aromatic N) is 2. The highest BCUT2D eigenvalue weighted by Gasteiger charge is 2.21. The van der Waals surface area contributed by atoms with Crippen LogP contribution in [0.5, 0.6) is 11.5 Å². The van der Waals surface area contributed by atoms with Crippen molar-refractivity contribution in [2.45, 2.75) is 24.3 Å². The number of hydrogen-bond donors (Lipinski definition) is 2. The van der Waals surface area contributed by atoms with Crippen LogP contribution in [-0.4, -0.2) is 44.5 Å². The molecule has 0 bridgehead atoms. The summed E-state index contributed by atoms with van der Waals surface area (Å²) in [5.74, 6) is 6.00. The van der Waals surface area contributed by atoms with Gasteiger partial charge in [0, 0.05) is 19.2 Å². The summed E-state index contributed by atoms with van der Waals surface area (Å²) in [7, 11) is -4.13. The highest BCUT2D eigenvalue weighted by Crippen LogP contribution is 2.29. The number of ether oxygens (including phenoxy) is 1. The molecule has 0 aliphatic carbocycles. The van der Waals surface area contributed by atoms with Crippen LogP contribution < -0.4 is 14.8 Å². The van der Waals surface area contributed by atoms with Crippen molar-refractivity contribution in [3.05, 3.63) is 53.1 Å². The molecule has 2 aromatic carbocycles. The summed E-state index contributed by atoms with van der Waals surface area (Å²) in [6.45, 7) is 1.88. The first-order valence-corrected chi connectivity index (χ1v) is 11.2. The van der Waals surface area contributed by atoms with Gasteiger partial charge < -0.3 is 24.8 Å². The third kappa shape index (κ3) is 5.78. The van der Waals surface area contributed by atoms with Crippen molar-refractivity contribution in [2.24, 2.45) is 16.9 Å². The molecular formula is C20H24ClN3O5S. The summed E-state index contributed by atoms with van der Waals surface area (Å²) in [4.78, 5) is 1.92. The van der Waals surface area contributed by atoms with E-state index in [1.165, 1.54) is 24.3 Å². The molecule has 2 aromatic rings. The van der Waals surface area contributed by atoms with Crippen LogP contribution in [0.25, 0.3) is 0 Å². The third-order valence-corrected chi connectivity index (χ3v) is 6.55. The second kappa shape index (κ2) is 10.0. The first-order valence-electron chi connectivity index (χ1n) is 9.45. The van der Waals surface area contributed by atoms with Crippen molar-refractivity contribution in [3.63, 3.8) is 0 Å². The molecule has 0 radical (unpaired) electrons. The molecule has 0 amide bonds. The summed E-state index contributed by atoms with van der Waals surface area (Å²) in [5, 5.41) is 13.1. The predicted octanol–water partition coefficient (Wildman–Crippen LogP) is 2.59. The Morgan fingerprint density at radius 2 is 1.90 bits per heavy atom. The van der Waals surface area contributed by atoms with Gasteiger partial charge >= 0.3 is 10.1 Å². The van der Waals surface area contributed by atoms with E-state index in [0.29, 0.717) is 23.8 Å². The van der Waals surface area contributed by atoms with Crippen molar-refractivity contribution < 1.29 is 22.4 Å². The fraction of sp³-hybridized carbons (Fsp3) is 0.350. The normalized spacial score (nSPS) is 15.5. The summed E-state index contributed by atoms with van der Waals surface area (Å²) < 4.78 is 36.3. The molecule has 0 atom stereocenters. The molecule has 3 N–H and O–H groups in total. The van der Waals surface area contributed by atoms with Gasteiger partial charge in [0.2, 0.25) is 0 Å². The summed E-state index contributed by atoms with van der Waals surface area (Å²) in [6, 6.07) is 10.6. The van der Waals surface area contributed by atoms with E-state index in [9.17, 15) is 13.5 Å². The second-order valence-corrected chi connectivity index (χ2v) is 8.92. The smallest absolute Gasteiger partial charge is 0.340 e. The number of benzene rings is 2. The van der Waals surface area contributed by atoms with Crippen molar-refractivity contribution in [2.75, 3.05) is 19.7 Å². The van der Waals surface area contributed by atoms with Gasteiger partial charge in [-0.1, -0.05) is 23.7 Å². The fourth-order valence-corrected chi connectivity index (χ4v) is 4.63. The van der Waals surface area contributed by atoms with E-state index < -0.39 is 10.1 Å². The van der Waals surface area contributed by atoms with Gasteiger partial charge in [0.1, 0.15) is 22.7 Å². The van der Waals surface area contributed by atoms with Crippen molar-refractivity contribution in [1.82, 2.24) is 4.90 Å². The number of hydrazone groups is 1. The van der Waals surface area contributed by atoms with E-state index in [1.54, 1.807) is 24.5 Å². The Kier molecular flexibility index (Phi) is 7.41. The molecule has 0 spiro atoms. The Labute approximate surface area is 181 Å². The summed E-state index contributed by atoms with van der Waals surface area (Å²) >= 11 is 5.99. The molecule has 1 aliphatic heterocycles. The molecule has 3 rings (SSSR count). The van der Waals surface area contributed by atoms with Gasteiger partial charge in [-0.25, -0.2) is 0 Å². The quantitative estimate of drug-likeness (QED) is 0.207. The first-order chi connectivity index (χ1) is 14.4. The Morgan fingerprint density at radius 3 is 2.57 bits per heavy atom. The fourth-order valence-electron chi connectivity index (χ4n) is 3.22. The van der Waals surface area contributed by atoms with E-state index in [1.807, 2.05) is 0 Å². The molecule has 0 aromatic heterocycles. The van der Waals surface area contributed by atoms with E-state index in [0.717, 1.165) is 25.9 Å². The summed E-state index contributed by atoms with van der Waals surface area (Å²) in [5.41, 5.74) is 0.478. The van der Waals surface area contributed by atoms with E-state index >= 15 is 0 Å². The van der Waals surface area contributed by atoms with Crippen LogP contribution in [-0.2, 0) is 16.7 Å². The van der Waals surface area contributed by atoms with Gasteiger partial charge in [0.15, 0.2) is 0 Å². The van der Waals surface area contributed by atoms with Crippen LogP contribution in [0.2, 0.25) is 5.02 Å². The largest absolute Gasteiger partial charge is 0.493 e. The molecule has 30 heavy (non-hydrogen) atoms. The molecule has 1 saturated heterocycles. The van der Waals surface area contributed by atoms with Gasteiger partial charge in [0.25, 0.3) is 0 Å². The topological polar surface area (TPSA) is 114 Å². The number of aliphatic hydroxyl groups is 1. The third-order valence-electron chi connectivity index (χ3n) is 4.80. The number of aliphatic hydroxyl groups excluding tert-OH is 1. The maximum absolute atomic E-state index is 12.6. The lowest BCUT2D eigenvalue weighted by Gasteiger charge is -2.30. The standard InChI is InChI=1S/C20H24ClN3O5S/c21-19-3-1-2-4-20(19)30(26,27)29-18-10-16(12-25)9-17(11-18)28-13-15-5-7-24(8-6-15)14-23-22/h1-4,9-11,14-15,25H,5-8,12-13,22H2. The van der Waals surface area contributed by atoms with Crippen LogP contribution in [0.3, 0.4) is 0 Å². The highest BCUT2D eigenvalue weighted by molar-refractivity contribution is 7.87. The Hall–Kier alpha value is -2.49. The maximum Gasteiger partial charge on any atom is 0.340 e. The molecule has 10 heteroatoms. The minimum absolute atomic E-state index is 0.0467. The lowest BCUT2D eigenvalue weighted by atomic mass is 9.98. The highest BCUT2D eigenvalue weighted by atomic mass is 35.5. The number of nitrogens with two attached hydrogens (primary N) is 1. The van der Waals surface area contributed by atoms with Gasteiger partial charge in [-0.05, 0) is 48.6 Å². The van der Waals surface area contributed by atoms with Crippen LogP contribution in [0, 0.1) is 5.92 Å². The molecule has 8 nitrogen and oxygen atoms in total. The lowest BCUT2D eigenvalue weighted by molar-refractivity contribution is 0.182. The minimum Gasteiger partial charge on any atom is -0.493 e. The first kappa shape index (κ1) is 22.2. The molecule has 0 unspecified atom stereocenters. The zero-order valence-electron chi connectivity index (χ0n) is 16.3. The molecule has 1 fully saturated rings. The van der Waals surface area contributed by atoms with Gasteiger partial charge in [-0.15, -0.1) is 0 Å². The van der Waals surface area contributed by atoms with E-state index in [4.69, 9.17) is 26.4 Å². The van der Waals surface area contributed by atoms with Crippen molar-refractivity contribution in [3.8, 4) is 11.5 Å². The van der Waals surface area contributed by atoms with Gasteiger partial charge in [-0.3, -0.25) is 0 Å². The number of halogens is 1. The van der Waals surface area contributed by atoms with E-state index in [-0.39, 0.29) is 22.3 Å². The molecule has 1 heterocycles. The molecule has 162 valence electrons. The number of piperidine rings is 1. The average Bonchev–Trinajstić information content (AvgIpc) is 2.73. The van der Waals surface area contributed by atoms with Crippen molar-refractivity contribution in [1.29, 1.82) is 0 Å². The molecular weight excluding hydrogens is 430 g/mol. The Balaban J connectivity index is 1.69. The summed E-state index contributed by atoms with van der Waals surface area (Å²) in [6.07, 6.45) is 3.48. The van der Waals surface area contributed by atoms with Crippen LogP contribution in [0.1, 0.15) is 18.4 Å². The lowest BCUT2D eigenvalue weighted by Crippen LogP contribution is -2.34. The Bertz CT molecular complexity index is 992. The zero-order chi connectivity index (χ0) is 21.6. The van der Waals surface area contributed by atoms with Gasteiger partial charge in [-0.2, -0.15) is 13.5 Å². The SMILES string of the molecule is NN=CN1CCC(COc2cc(CO)cc(OS(=O)(=O)c3ccccc3Cl)c2)CC1. The predicted molar refractivity (Wildman–Crippen MR) is 114 cm³/mol. The second-order valence-electron chi connectivity index (χ2n) is 6.99. The van der Waals surface area contributed by atoms with Crippen LogP contribution in [0.4, 0.5) is 0 Å². The number of rotatable bonds is 8. The van der Waals surface area contributed by atoms with Gasteiger partial charge in [0.05, 0.1) is 18.2 Å². The Morgan fingerprint density at radius 1 is 1.20 bits per heavy atom. The van der Waals surface area contributed by atoms with E-state index in [2.05, 4.69) is 10.0 Å². The molecule has 1 aliphatic rings.